The van der Waals surface area contributed by atoms with Crippen molar-refractivity contribution < 1.29 is 19.2 Å². The summed E-state index contributed by atoms with van der Waals surface area (Å²) >= 11 is 0. The molecule has 1 amide bonds. The van der Waals surface area contributed by atoms with E-state index in [4.69, 9.17) is 4.52 Å². The van der Waals surface area contributed by atoms with Crippen LogP contribution >= 0.6 is 0 Å². The number of carbonyl (C=O) groups is 2. The molecule has 1 fully saturated rings. The van der Waals surface area contributed by atoms with Crippen molar-refractivity contribution >= 4 is 11.9 Å². The Kier molecular flexibility index (Phi) is 5.20. The monoisotopic (exact) mass is 347 g/mol. The van der Waals surface area contributed by atoms with Crippen molar-refractivity contribution in [3.8, 4) is 0 Å². The Morgan fingerprint density at radius 2 is 2.00 bits per heavy atom. The van der Waals surface area contributed by atoms with Crippen molar-refractivity contribution in [1.82, 2.24) is 15.0 Å². The minimum Gasteiger partial charge on any atom is -0.481 e. The Morgan fingerprint density at radius 1 is 1.28 bits per heavy atom. The van der Waals surface area contributed by atoms with Crippen LogP contribution < -0.4 is 0 Å². The first-order valence-corrected chi connectivity index (χ1v) is 8.97. The normalized spacial score (nSPS) is 26.8. The number of piperidine rings is 1. The van der Waals surface area contributed by atoms with E-state index in [0.29, 0.717) is 37.6 Å². The first kappa shape index (κ1) is 17.6. The van der Waals surface area contributed by atoms with E-state index in [1.54, 1.807) is 4.90 Å². The number of carboxylic acids is 1. The number of allylic oxidation sites excluding steroid dienone is 2. The maximum atomic E-state index is 12.9. The van der Waals surface area contributed by atoms with E-state index in [9.17, 15) is 14.7 Å². The highest BCUT2D eigenvalue weighted by Crippen LogP contribution is 2.32. The van der Waals surface area contributed by atoms with Gasteiger partial charge in [-0.15, -0.1) is 0 Å². The Bertz CT molecular complexity index is 667. The summed E-state index contributed by atoms with van der Waals surface area (Å²) in [6.45, 7) is 5.19. The number of rotatable bonds is 4. The molecular formula is C18H25N3O4. The lowest BCUT2D eigenvalue weighted by Crippen LogP contribution is -2.45. The molecule has 7 heteroatoms. The summed E-state index contributed by atoms with van der Waals surface area (Å²) < 4.78 is 5.39. The number of carbonyl (C=O) groups excluding carboxylic acids is 1. The Balaban J connectivity index is 1.70. The zero-order chi connectivity index (χ0) is 18.0. The lowest BCUT2D eigenvalue weighted by Gasteiger charge is -2.35. The molecule has 1 aliphatic carbocycles. The highest BCUT2D eigenvalue weighted by molar-refractivity contribution is 5.85. The number of likely N-dealkylation sites (tertiary alicyclic amines) is 1. The maximum Gasteiger partial charge on any atom is 0.307 e. The number of aliphatic carboxylic acids is 1. The van der Waals surface area contributed by atoms with Gasteiger partial charge in [-0.1, -0.05) is 31.2 Å². The molecule has 3 rings (SSSR count). The van der Waals surface area contributed by atoms with Gasteiger partial charge in [-0.3, -0.25) is 9.59 Å². The van der Waals surface area contributed by atoms with Gasteiger partial charge >= 0.3 is 5.97 Å². The van der Waals surface area contributed by atoms with Crippen LogP contribution in [0.3, 0.4) is 0 Å². The highest BCUT2D eigenvalue weighted by atomic mass is 16.5. The van der Waals surface area contributed by atoms with Crippen LogP contribution in [-0.2, 0) is 9.59 Å². The topological polar surface area (TPSA) is 96.5 Å². The Hall–Kier alpha value is -2.18. The van der Waals surface area contributed by atoms with Crippen LogP contribution in [0.25, 0.3) is 0 Å². The van der Waals surface area contributed by atoms with E-state index in [-0.39, 0.29) is 17.7 Å². The number of aromatic nitrogens is 2. The third-order valence-corrected chi connectivity index (χ3v) is 5.12. The zero-order valence-electron chi connectivity index (χ0n) is 14.7. The van der Waals surface area contributed by atoms with Crippen molar-refractivity contribution in [2.24, 2.45) is 11.8 Å². The third kappa shape index (κ3) is 3.75. The van der Waals surface area contributed by atoms with Crippen molar-refractivity contribution in [2.75, 3.05) is 13.1 Å². The van der Waals surface area contributed by atoms with Crippen LogP contribution in [0.2, 0.25) is 0 Å². The van der Waals surface area contributed by atoms with Crippen molar-refractivity contribution in [1.29, 1.82) is 0 Å². The Labute approximate surface area is 147 Å². The zero-order valence-corrected chi connectivity index (χ0v) is 14.7. The summed E-state index contributed by atoms with van der Waals surface area (Å²) in [5, 5.41) is 13.4. The summed E-state index contributed by atoms with van der Waals surface area (Å²) in [5.74, 6) is -0.575. The molecule has 1 aliphatic heterocycles. The predicted molar refractivity (Wildman–Crippen MR) is 89.9 cm³/mol. The molecule has 1 aromatic heterocycles. The maximum absolute atomic E-state index is 12.9. The fourth-order valence-corrected chi connectivity index (χ4v) is 3.62. The minimum absolute atomic E-state index is 0.0279. The molecule has 0 saturated carbocycles. The van der Waals surface area contributed by atoms with E-state index < -0.39 is 17.8 Å². The van der Waals surface area contributed by atoms with Gasteiger partial charge < -0.3 is 14.5 Å². The lowest BCUT2D eigenvalue weighted by molar-refractivity contribution is -0.151. The number of amides is 1. The average Bonchev–Trinajstić information content (AvgIpc) is 3.11. The molecule has 1 saturated heterocycles. The van der Waals surface area contributed by atoms with E-state index in [1.165, 1.54) is 0 Å². The van der Waals surface area contributed by atoms with Gasteiger partial charge in [0.25, 0.3) is 0 Å². The van der Waals surface area contributed by atoms with E-state index in [0.717, 1.165) is 12.8 Å². The molecule has 0 bridgehead atoms. The molecule has 0 aromatic carbocycles. The highest BCUT2D eigenvalue weighted by Gasteiger charge is 2.38. The third-order valence-electron chi connectivity index (χ3n) is 5.12. The van der Waals surface area contributed by atoms with Crippen LogP contribution in [0, 0.1) is 11.8 Å². The van der Waals surface area contributed by atoms with Gasteiger partial charge in [-0.25, -0.2) is 0 Å². The van der Waals surface area contributed by atoms with Crippen molar-refractivity contribution in [3.63, 3.8) is 0 Å². The molecule has 0 radical (unpaired) electrons. The second-order valence-corrected chi connectivity index (χ2v) is 7.26. The van der Waals surface area contributed by atoms with Gasteiger partial charge in [-0.2, -0.15) is 4.98 Å². The number of hydrogen-bond donors (Lipinski definition) is 1. The quantitative estimate of drug-likeness (QED) is 0.841. The molecule has 7 nitrogen and oxygen atoms in total. The fourth-order valence-electron chi connectivity index (χ4n) is 3.62. The van der Waals surface area contributed by atoms with Gasteiger partial charge in [0.05, 0.1) is 17.8 Å². The summed E-state index contributed by atoms with van der Waals surface area (Å²) in [6.07, 6.45) is 6.44. The SMILES string of the molecule is CC(C)c1noc([C@@H]2CCCN(C(=O)[C@H]3CC=CC[C@@H]3C(=O)O)C2)n1. The van der Waals surface area contributed by atoms with Crippen LogP contribution in [-0.4, -0.2) is 45.1 Å². The molecule has 0 spiro atoms. The van der Waals surface area contributed by atoms with E-state index in [2.05, 4.69) is 10.1 Å². The van der Waals surface area contributed by atoms with Gasteiger partial charge in [0.1, 0.15) is 0 Å². The smallest absolute Gasteiger partial charge is 0.307 e. The number of nitrogens with zero attached hydrogens (tertiary/aromatic N) is 3. The van der Waals surface area contributed by atoms with Gasteiger partial charge in [0, 0.05) is 19.0 Å². The van der Waals surface area contributed by atoms with Crippen LogP contribution in [0.4, 0.5) is 0 Å². The summed E-state index contributed by atoms with van der Waals surface area (Å²) in [7, 11) is 0. The van der Waals surface area contributed by atoms with Crippen molar-refractivity contribution in [3.05, 3.63) is 23.9 Å². The summed E-state index contributed by atoms with van der Waals surface area (Å²) in [4.78, 5) is 30.6. The average molecular weight is 347 g/mol. The molecule has 1 N–H and O–H groups in total. The van der Waals surface area contributed by atoms with Gasteiger partial charge in [0.15, 0.2) is 5.82 Å². The lowest BCUT2D eigenvalue weighted by atomic mass is 9.81. The molecular weight excluding hydrogens is 322 g/mol. The summed E-state index contributed by atoms with van der Waals surface area (Å²) in [5.41, 5.74) is 0. The fraction of sp³-hybridized carbons (Fsp3) is 0.667. The second-order valence-electron chi connectivity index (χ2n) is 7.26. The minimum atomic E-state index is -0.894. The molecule has 1 aromatic rings. The first-order valence-electron chi connectivity index (χ1n) is 8.97. The predicted octanol–water partition coefficient (Wildman–Crippen LogP) is 2.57. The van der Waals surface area contributed by atoms with Gasteiger partial charge in [0.2, 0.25) is 11.8 Å². The molecule has 0 unspecified atom stereocenters. The summed E-state index contributed by atoms with van der Waals surface area (Å²) in [6, 6.07) is 0. The number of hydrogen-bond acceptors (Lipinski definition) is 5. The van der Waals surface area contributed by atoms with Crippen LogP contribution in [0.1, 0.15) is 63.1 Å². The largest absolute Gasteiger partial charge is 0.481 e. The molecule has 2 aliphatic rings. The molecule has 25 heavy (non-hydrogen) atoms. The molecule has 3 atom stereocenters. The Morgan fingerprint density at radius 3 is 2.64 bits per heavy atom. The standard InChI is InChI=1S/C18H25N3O4/c1-11(2)15-19-16(25-20-15)12-6-5-9-21(10-12)17(22)13-7-3-4-8-14(13)18(23)24/h3-4,11-14H,5-10H2,1-2H3,(H,23,24)/t12-,13+,14+/m1/s1. The second kappa shape index (κ2) is 7.37. The van der Waals surface area contributed by atoms with Crippen LogP contribution in [0.5, 0.6) is 0 Å². The van der Waals surface area contributed by atoms with E-state index >= 15 is 0 Å². The molecule has 2 heterocycles. The van der Waals surface area contributed by atoms with E-state index in [1.807, 2.05) is 26.0 Å². The van der Waals surface area contributed by atoms with Crippen molar-refractivity contribution in [2.45, 2.75) is 51.4 Å². The van der Waals surface area contributed by atoms with Gasteiger partial charge in [-0.05, 0) is 25.7 Å². The number of carboxylic acid groups (broad SMARTS) is 1. The van der Waals surface area contributed by atoms with Crippen LogP contribution in [0.15, 0.2) is 16.7 Å². The molecule has 136 valence electrons. The first-order chi connectivity index (χ1) is 12.0.